The maximum Gasteiger partial charge on any atom is 0.433 e. The van der Waals surface area contributed by atoms with Gasteiger partial charge in [-0.2, -0.15) is 13.2 Å². The molecule has 25 heavy (non-hydrogen) atoms. The second-order valence-corrected chi connectivity index (χ2v) is 6.72. The third-order valence-electron chi connectivity index (χ3n) is 5.15. The lowest BCUT2D eigenvalue weighted by atomic mass is 10.0. The van der Waals surface area contributed by atoms with E-state index in [1.54, 1.807) is 0 Å². The first kappa shape index (κ1) is 16.4. The van der Waals surface area contributed by atoms with E-state index in [9.17, 15) is 13.2 Å². The van der Waals surface area contributed by atoms with Crippen molar-refractivity contribution in [3.63, 3.8) is 0 Å². The first-order valence-electron chi connectivity index (χ1n) is 8.66. The summed E-state index contributed by atoms with van der Waals surface area (Å²) in [6, 6.07) is 0.840. The van der Waals surface area contributed by atoms with Crippen LogP contribution in [0.15, 0.2) is 12.3 Å². The van der Waals surface area contributed by atoms with Crippen LogP contribution >= 0.6 is 0 Å². The Morgan fingerprint density at radius 1 is 1.12 bits per heavy atom. The molecule has 0 N–H and O–H groups in total. The summed E-state index contributed by atoms with van der Waals surface area (Å²) >= 11 is 0. The van der Waals surface area contributed by atoms with Crippen molar-refractivity contribution in [1.29, 1.82) is 0 Å². The Balaban J connectivity index is 1.69. The highest BCUT2D eigenvalue weighted by atomic mass is 19.4. The van der Waals surface area contributed by atoms with Gasteiger partial charge in [0.1, 0.15) is 11.5 Å². The van der Waals surface area contributed by atoms with Crippen LogP contribution in [0.5, 0.6) is 0 Å². The van der Waals surface area contributed by atoms with Gasteiger partial charge in [0.25, 0.3) is 0 Å². The summed E-state index contributed by atoms with van der Waals surface area (Å²) < 4.78 is 41.0. The molecule has 1 atom stereocenters. The van der Waals surface area contributed by atoms with Crippen LogP contribution in [0.4, 0.5) is 19.1 Å². The molecule has 1 aliphatic carbocycles. The second kappa shape index (κ2) is 6.00. The first-order chi connectivity index (χ1) is 11.9. The van der Waals surface area contributed by atoms with Gasteiger partial charge in [0, 0.05) is 25.5 Å². The molecule has 134 valence electrons. The molecule has 1 aliphatic heterocycles. The predicted octanol–water partition coefficient (Wildman–Crippen LogP) is 3.45. The van der Waals surface area contributed by atoms with E-state index in [2.05, 4.69) is 14.5 Å². The number of hydrogen-bond acceptors (Lipinski definition) is 4. The molecule has 0 spiro atoms. The first-order valence-corrected chi connectivity index (χ1v) is 8.66. The molecular weight excluding hydrogens is 331 g/mol. The Morgan fingerprint density at radius 3 is 2.68 bits per heavy atom. The number of fused-ring (bicyclic) bond motifs is 1. The van der Waals surface area contributed by atoms with Gasteiger partial charge in [0.05, 0.1) is 11.7 Å². The van der Waals surface area contributed by atoms with E-state index in [1.165, 1.54) is 11.9 Å². The molecule has 2 aromatic heterocycles. The van der Waals surface area contributed by atoms with Crippen molar-refractivity contribution in [3.8, 4) is 0 Å². The molecule has 1 fully saturated rings. The highest BCUT2D eigenvalue weighted by molar-refractivity contribution is 5.37. The number of nitrogens with zero attached hydrogens (tertiary/aromatic N) is 5. The van der Waals surface area contributed by atoms with E-state index in [-0.39, 0.29) is 12.0 Å². The zero-order valence-electron chi connectivity index (χ0n) is 14.1. The fraction of sp³-hybridized carbons (Fsp3) is 0.588. The van der Waals surface area contributed by atoms with Crippen molar-refractivity contribution in [2.24, 2.45) is 7.05 Å². The lowest BCUT2D eigenvalue weighted by molar-refractivity contribution is -0.141. The van der Waals surface area contributed by atoms with Gasteiger partial charge in [-0.3, -0.25) is 0 Å². The summed E-state index contributed by atoms with van der Waals surface area (Å²) in [6.45, 7) is 0.642. The lowest BCUT2D eigenvalue weighted by Crippen LogP contribution is -2.27. The summed E-state index contributed by atoms with van der Waals surface area (Å²) in [5.41, 5.74) is 1.50. The number of halogens is 3. The van der Waals surface area contributed by atoms with Crippen LogP contribution < -0.4 is 4.90 Å². The highest BCUT2D eigenvalue weighted by Crippen LogP contribution is 2.37. The fourth-order valence-electron chi connectivity index (χ4n) is 3.92. The Bertz CT molecular complexity index is 783. The molecule has 0 saturated carbocycles. The molecule has 4 rings (SSSR count). The summed E-state index contributed by atoms with van der Waals surface area (Å²) in [5.74, 6) is 1.06. The standard InChI is InChI=1S/C17H20F3N5/c1-24-12-6-3-2-5-11(12)22-15(24)13-7-4-10-25(13)16-21-9-8-14(23-16)17(18,19)20/h8-9,13H,2-7,10H2,1H3. The van der Waals surface area contributed by atoms with Gasteiger partial charge in [-0.05, 0) is 44.6 Å². The summed E-state index contributed by atoms with van der Waals surface area (Å²) in [7, 11) is 2.01. The van der Waals surface area contributed by atoms with Gasteiger partial charge >= 0.3 is 6.18 Å². The number of aromatic nitrogens is 4. The van der Waals surface area contributed by atoms with E-state index in [1.807, 2.05) is 11.9 Å². The average Bonchev–Trinajstić information content (AvgIpc) is 3.19. The zero-order valence-corrected chi connectivity index (χ0v) is 14.1. The molecule has 0 aromatic carbocycles. The number of aryl methyl sites for hydroxylation is 1. The van der Waals surface area contributed by atoms with Crippen LogP contribution in [0, 0.1) is 0 Å². The van der Waals surface area contributed by atoms with E-state index < -0.39 is 11.9 Å². The SMILES string of the molecule is Cn1c(C2CCCN2c2nccc(C(F)(F)F)n2)nc2c1CCCC2. The Hall–Kier alpha value is -2.12. The van der Waals surface area contributed by atoms with Crippen molar-refractivity contribution in [2.45, 2.75) is 50.7 Å². The van der Waals surface area contributed by atoms with E-state index in [0.29, 0.717) is 6.54 Å². The van der Waals surface area contributed by atoms with E-state index in [0.717, 1.165) is 56.1 Å². The monoisotopic (exact) mass is 351 g/mol. The maximum atomic E-state index is 13.0. The Labute approximate surface area is 143 Å². The molecule has 8 heteroatoms. The quantitative estimate of drug-likeness (QED) is 0.831. The number of anilines is 1. The maximum absolute atomic E-state index is 13.0. The normalized spacial score (nSPS) is 20.8. The minimum absolute atomic E-state index is 0.0703. The Kier molecular flexibility index (Phi) is 3.92. The summed E-state index contributed by atoms with van der Waals surface area (Å²) in [4.78, 5) is 14.6. The predicted molar refractivity (Wildman–Crippen MR) is 86.2 cm³/mol. The number of imidazole rings is 1. The lowest BCUT2D eigenvalue weighted by Gasteiger charge is -2.25. The molecule has 3 heterocycles. The summed E-state index contributed by atoms with van der Waals surface area (Å²) in [6.07, 6.45) is 2.78. The van der Waals surface area contributed by atoms with Gasteiger partial charge < -0.3 is 9.47 Å². The minimum Gasteiger partial charge on any atom is -0.333 e. The van der Waals surface area contributed by atoms with Crippen LogP contribution in [0.25, 0.3) is 0 Å². The smallest absolute Gasteiger partial charge is 0.333 e. The minimum atomic E-state index is -4.46. The van der Waals surface area contributed by atoms with Crippen molar-refractivity contribution in [2.75, 3.05) is 11.4 Å². The molecule has 2 aliphatic rings. The molecule has 0 radical (unpaired) electrons. The molecule has 0 amide bonds. The average molecular weight is 351 g/mol. The van der Waals surface area contributed by atoms with Gasteiger partial charge in [0.15, 0.2) is 0 Å². The highest BCUT2D eigenvalue weighted by Gasteiger charge is 2.36. The van der Waals surface area contributed by atoms with Crippen molar-refractivity contribution in [1.82, 2.24) is 19.5 Å². The second-order valence-electron chi connectivity index (χ2n) is 6.72. The topological polar surface area (TPSA) is 46.8 Å². The Morgan fingerprint density at radius 2 is 1.92 bits per heavy atom. The van der Waals surface area contributed by atoms with Crippen LogP contribution in [-0.4, -0.2) is 26.1 Å². The molecule has 2 aromatic rings. The van der Waals surface area contributed by atoms with Crippen LogP contribution in [0.3, 0.4) is 0 Å². The third kappa shape index (κ3) is 2.87. The van der Waals surface area contributed by atoms with Crippen molar-refractivity contribution < 1.29 is 13.2 Å². The van der Waals surface area contributed by atoms with Gasteiger partial charge in [-0.15, -0.1) is 0 Å². The molecular formula is C17H20F3N5. The van der Waals surface area contributed by atoms with Gasteiger partial charge in [0.2, 0.25) is 5.95 Å². The van der Waals surface area contributed by atoms with Gasteiger partial charge in [-0.1, -0.05) is 0 Å². The van der Waals surface area contributed by atoms with E-state index in [4.69, 9.17) is 4.98 Å². The number of alkyl halides is 3. The zero-order chi connectivity index (χ0) is 17.6. The fourth-order valence-corrected chi connectivity index (χ4v) is 3.92. The van der Waals surface area contributed by atoms with Crippen LogP contribution in [0.2, 0.25) is 0 Å². The van der Waals surface area contributed by atoms with Crippen LogP contribution in [0.1, 0.15) is 54.6 Å². The molecule has 1 saturated heterocycles. The van der Waals surface area contributed by atoms with Crippen molar-refractivity contribution >= 4 is 5.95 Å². The van der Waals surface area contributed by atoms with Crippen LogP contribution in [-0.2, 0) is 26.1 Å². The molecule has 5 nitrogen and oxygen atoms in total. The van der Waals surface area contributed by atoms with Gasteiger partial charge in [-0.25, -0.2) is 15.0 Å². The largest absolute Gasteiger partial charge is 0.433 e. The third-order valence-corrected chi connectivity index (χ3v) is 5.15. The number of rotatable bonds is 2. The molecule has 1 unspecified atom stereocenters. The molecule has 0 bridgehead atoms. The van der Waals surface area contributed by atoms with E-state index >= 15 is 0 Å². The number of hydrogen-bond donors (Lipinski definition) is 0. The van der Waals surface area contributed by atoms with Crippen molar-refractivity contribution in [3.05, 3.63) is 35.2 Å². The summed E-state index contributed by atoms with van der Waals surface area (Å²) in [5, 5.41) is 0.